The Bertz CT molecular complexity index is 692. The van der Waals surface area contributed by atoms with Gasteiger partial charge in [-0.1, -0.05) is 0 Å². The van der Waals surface area contributed by atoms with Gasteiger partial charge in [0, 0.05) is 13.0 Å². The van der Waals surface area contributed by atoms with Gasteiger partial charge < -0.3 is 43.4 Å². The molecule has 0 heterocycles. The van der Waals surface area contributed by atoms with Crippen LogP contribution in [0.5, 0.6) is 0 Å². The lowest BCUT2D eigenvalue weighted by atomic mass is 10.1. The van der Waals surface area contributed by atoms with E-state index in [0.717, 1.165) is 0 Å². The van der Waals surface area contributed by atoms with E-state index in [9.17, 15) is 29.1 Å². The van der Waals surface area contributed by atoms with Crippen molar-refractivity contribution in [1.29, 1.82) is 0 Å². The minimum atomic E-state index is -1.34. The first-order valence-corrected chi connectivity index (χ1v) is 9.51. The van der Waals surface area contributed by atoms with Crippen molar-refractivity contribution in [2.24, 2.45) is 22.2 Å². The zero-order chi connectivity index (χ0) is 24.1. The zero-order valence-corrected chi connectivity index (χ0v) is 17.5. The topological polar surface area (TPSA) is 252 Å². The van der Waals surface area contributed by atoms with E-state index in [1.807, 2.05) is 0 Å². The lowest BCUT2D eigenvalue weighted by Crippen LogP contribution is -2.56. The van der Waals surface area contributed by atoms with Gasteiger partial charge in [0.15, 0.2) is 5.96 Å². The normalized spacial score (nSPS) is 14.3. The molecule has 14 nitrogen and oxygen atoms in total. The summed E-state index contributed by atoms with van der Waals surface area (Å²) in [6, 6.07) is -4.57. The number of rotatable bonds is 14. The highest BCUT2D eigenvalue weighted by Crippen LogP contribution is 2.04. The van der Waals surface area contributed by atoms with Crippen LogP contribution in [0.3, 0.4) is 0 Å². The molecular formula is C17H31N7O7. The summed E-state index contributed by atoms with van der Waals surface area (Å²) in [5.74, 6) is -4.93. The van der Waals surface area contributed by atoms with Gasteiger partial charge in [0.2, 0.25) is 17.7 Å². The molecule has 0 rings (SSSR count). The summed E-state index contributed by atoms with van der Waals surface area (Å²) < 4.78 is 0. The van der Waals surface area contributed by atoms with Crippen LogP contribution in [0.15, 0.2) is 4.99 Å². The molecular weight excluding hydrogens is 414 g/mol. The number of guanidine groups is 1. The van der Waals surface area contributed by atoms with Crippen molar-refractivity contribution < 1.29 is 34.2 Å². The predicted octanol–water partition coefficient (Wildman–Crippen LogP) is -3.19. The fourth-order valence-corrected chi connectivity index (χ4v) is 2.28. The fourth-order valence-electron chi connectivity index (χ4n) is 2.28. The van der Waals surface area contributed by atoms with Gasteiger partial charge in [0.05, 0.1) is 6.04 Å². The SMILES string of the molecule is CC(N)C(=O)NC(C)C(=O)NC(CCC(=O)O)C(=O)NC(CCCN=C(N)N)C(=O)O. The molecule has 0 spiro atoms. The van der Waals surface area contributed by atoms with Crippen molar-refractivity contribution >= 4 is 35.6 Å². The molecule has 0 fully saturated rings. The van der Waals surface area contributed by atoms with Crippen molar-refractivity contribution in [3.63, 3.8) is 0 Å². The second-order valence-electron chi connectivity index (χ2n) is 6.86. The van der Waals surface area contributed by atoms with E-state index in [1.165, 1.54) is 13.8 Å². The maximum Gasteiger partial charge on any atom is 0.326 e. The first kappa shape index (κ1) is 27.6. The highest BCUT2D eigenvalue weighted by atomic mass is 16.4. The van der Waals surface area contributed by atoms with Crippen molar-refractivity contribution in [1.82, 2.24) is 16.0 Å². The zero-order valence-electron chi connectivity index (χ0n) is 17.5. The molecule has 3 amide bonds. The average molecular weight is 445 g/mol. The van der Waals surface area contributed by atoms with E-state index in [1.54, 1.807) is 0 Å². The van der Waals surface area contributed by atoms with E-state index in [0.29, 0.717) is 0 Å². The molecule has 11 N–H and O–H groups in total. The van der Waals surface area contributed by atoms with Crippen molar-refractivity contribution in [2.75, 3.05) is 6.54 Å². The van der Waals surface area contributed by atoms with Gasteiger partial charge in [-0.15, -0.1) is 0 Å². The van der Waals surface area contributed by atoms with Gasteiger partial charge in [0.25, 0.3) is 0 Å². The lowest BCUT2D eigenvalue weighted by Gasteiger charge is -2.23. The molecule has 14 heteroatoms. The molecule has 0 saturated carbocycles. The standard InChI is InChI=1S/C17H31N7O7/c1-8(18)13(27)22-9(2)14(28)23-10(5-6-12(25)26)15(29)24-11(16(30)31)4-3-7-21-17(19)20/h8-11H,3-7,18H2,1-2H3,(H,22,27)(H,23,28)(H,24,29)(H,25,26)(H,30,31)(H4,19,20,21). The lowest BCUT2D eigenvalue weighted by molar-refractivity contribution is -0.143. The predicted molar refractivity (Wildman–Crippen MR) is 110 cm³/mol. The summed E-state index contributed by atoms with van der Waals surface area (Å²) in [7, 11) is 0. The van der Waals surface area contributed by atoms with Crippen LogP contribution in [0.25, 0.3) is 0 Å². The third-order valence-electron chi connectivity index (χ3n) is 4.01. The van der Waals surface area contributed by atoms with Gasteiger partial charge in [-0.05, 0) is 33.1 Å². The Morgan fingerprint density at radius 3 is 1.94 bits per heavy atom. The molecule has 0 radical (unpaired) electrons. The molecule has 0 aromatic rings. The number of aliphatic carboxylic acids is 2. The first-order chi connectivity index (χ1) is 14.3. The van der Waals surface area contributed by atoms with Crippen LogP contribution in [0.4, 0.5) is 0 Å². The molecule has 0 saturated heterocycles. The summed E-state index contributed by atoms with van der Waals surface area (Å²) in [6.07, 6.45) is -0.498. The number of carbonyl (C=O) groups excluding carboxylic acids is 3. The van der Waals surface area contributed by atoms with Crippen LogP contribution in [-0.2, 0) is 24.0 Å². The number of amides is 3. The second kappa shape index (κ2) is 13.7. The van der Waals surface area contributed by atoms with E-state index in [4.69, 9.17) is 22.3 Å². The Hall–Kier alpha value is -3.42. The number of carbonyl (C=O) groups is 5. The van der Waals surface area contributed by atoms with Gasteiger partial charge >= 0.3 is 11.9 Å². The highest BCUT2D eigenvalue weighted by Gasteiger charge is 2.28. The number of nitrogens with two attached hydrogens (primary N) is 3. The van der Waals surface area contributed by atoms with Crippen LogP contribution in [0.2, 0.25) is 0 Å². The number of nitrogens with one attached hydrogen (secondary N) is 3. The summed E-state index contributed by atoms with van der Waals surface area (Å²) in [4.78, 5) is 62.5. The monoisotopic (exact) mass is 445 g/mol. The molecule has 176 valence electrons. The molecule has 0 aliphatic heterocycles. The Balaban J connectivity index is 5.14. The van der Waals surface area contributed by atoms with E-state index >= 15 is 0 Å². The van der Waals surface area contributed by atoms with E-state index < -0.39 is 60.2 Å². The maximum atomic E-state index is 12.5. The summed E-state index contributed by atoms with van der Waals surface area (Å²) in [5.41, 5.74) is 15.8. The fraction of sp³-hybridized carbons (Fsp3) is 0.647. The van der Waals surface area contributed by atoms with Crippen LogP contribution >= 0.6 is 0 Å². The van der Waals surface area contributed by atoms with Gasteiger partial charge in [-0.2, -0.15) is 0 Å². The molecule has 0 aromatic heterocycles. The van der Waals surface area contributed by atoms with Crippen molar-refractivity contribution in [3.05, 3.63) is 0 Å². The number of aliphatic imine (C=N–C) groups is 1. The molecule has 0 aliphatic rings. The number of hydrogen-bond acceptors (Lipinski definition) is 7. The molecule has 31 heavy (non-hydrogen) atoms. The molecule has 4 unspecified atom stereocenters. The molecule has 0 bridgehead atoms. The number of carboxylic acids is 2. The average Bonchev–Trinajstić information content (AvgIpc) is 2.66. The number of carboxylic acid groups (broad SMARTS) is 2. The summed E-state index contributed by atoms with van der Waals surface area (Å²) in [5, 5.41) is 25.1. The van der Waals surface area contributed by atoms with Crippen LogP contribution in [0, 0.1) is 0 Å². The minimum Gasteiger partial charge on any atom is -0.481 e. The van der Waals surface area contributed by atoms with Crippen LogP contribution in [-0.4, -0.2) is 76.5 Å². The highest BCUT2D eigenvalue weighted by molar-refractivity contribution is 5.94. The third kappa shape index (κ3) is 12.0. The van der Waals surface area contributed by atoms with E-state index in [-0.39, 0.29) is 31.8 Å². The Morgan fingerprint density at radius 1 is 0.871 bits per heavy atom. The smallest absolute Gasteiger partial charge is 0.326 e. The first-order valence-electron chi connectivity index (χ1n) is 9.51. The molecule has 4 atom stereocenters. The van der Waals surface area contributed by atoms with E-state index in [2.05, 4.69) is 20.9 Å². The largest absolute Gasteiger partial charge is 0.481 e. The Kier molecular flexibility index (Phi) is 12.2. The maximum absolute atomic E-state index is 12.5. The van der Waals surface area contributed by atoms with Crippen LogP contribution < -0.4 is 33.2 Å². The van der Waals surface area contributed by atoms with Gasteiger partial charge in [-0.3, -0.25) is 24.2 Å². The molecule has 0 aromatic carbocycles. The van der Waals surface area contributed by atoms with Gasteiger partial charge in [0.1, 0.15) is 18.1 Å². The third-order valence-corrected chi connectivity index (χ3v) is 4.01. The second-order valence-corrected chi connectivity index (χ2v) is 6.86. The number of hydrogen-bond donors (Lipinski definition) is 8. The quantitative estimate of drug-likeness (QED) is 0.0755. The van der Waals surface area contributed by atoms with Crippen LogP contribution in [0.1, 0.15) is 39.5 Å². The number of nitrogens with zero attached hydrogens (tertiary/aromatic N) is 1. The summed E-state index contributed by atoms with van der Waals surface area (Å²) in [6.45, 7) is 2.92. The van der Waals surface area contributed by atoms with Crippen molar-refractivity contribution in [2.45, 2.75) is 63.7 Å². The minimum absolute atomic E-state index is 0.00169. The Morgan fingerprint density at radius 2 is 1.45 bits per heavy atom. The summed E-state index contributed by atoms with van der Waals surface area (Å²) >= 11 is 0. The molecule has 0 aliphatic carbocycles. The van der Waals surface area contributed by atoms with Crippen molar-refractivity contribution in [3.8, 4) is 0 Å². The Labute approximate surface area is 179 Å². The van der Waals surface area contributed by atoms with Gasteiger partial charge in [-0.25, -0.2) is 4.79 Å².